The average Bonchev–Trinajstić information content (AvgIpc) is 2.14. The molecule has 1 heterocycles. The lowest BCUT2D eigenvalue weighted by Crippen LogP contribution is -2.26. The van der Waals surface area contributed by atoms with Crippen molar-refractivity contribution >= 4 is 27.5 Å². The molecule has 0 aromatic heterocycles. The number of carbonyl (C=O) groups excluding carboxylic acids is 1. The minimum atomic E-state index is -0.101. The molecule has 1 aromatic carbocycles. The summed E-state index contributed by atoms with van der Waals surface area (Å²) in [5.41, 5.74) is 2.91. The summed E-state index contributed by atoms with van der Waals surface area (Å²) in [7, 11) is 0. The van der Waals surface area contributed by atoms with Crippen LogP contribution in [0.4, 0.5) is 5.69 Å². The Labute approximate surface area is 90.6 Å². The number of hydrogen-bond donors (Lipinski definition) is 1. The van der Waals surface area contributed by atoms with Crippen LogP contribution in [0, 0.1) is 13.8 Å². The molecule has 0 saturated heterocycles. The Balaban J connectivity index is 2.62. The molecule has 1 amide bonds. The predicted octanol–water partition coefficient (Wildman–Crippen LogP) is 2.40. The average molecular weight is 256 g/mol. The van der Waals surface area contributed by atoms with Crippen molar-refractivity contribution in [2.75, 3.05) is 11.9 Å². The molecular formula is C10H10BrNO2. The number of carbonyl (C=O) groups is 1. The van der Waals surface area contributed by atoms with Gasteiger partial charge in [-0.1, -0.05) is 6.07 Å². The molecule has 1 N–H and O–H groups in total. The number of benzene rings is 1. The van der Waals surface area contributed by atoms with Gasteiger partial charge in [0.05, 0.1) is 10.2 Å². The van der Waals surface area contributed by atoms with Crippen molar-refractivity contribution < 1.29 is 9.53 Å². The van der Waals surface area contributed by atoms with Crippen LogP contribution in [0.5, 0.6) is 5.75 Å². The minimum Gasteiger partial charge on any atom is -0.480 e. The number of aryl methyl sites for hydroxylation is 2. The van der Waals surface area contributed by atoms with Gasteiger partial charge in [-0.05, 0) is 40.9 Å². The van der Waals surface area contributed by atoms with Gasteiger partial charge in [0.1, 0.15) is 0 Å². The van der Waals surface area contributed by atoms with Crippen molar-refractivity contribution in [1.29, 1.82) is 0 Å². The highest BCUT2D eigenvalue weighted by Crippen LogP contribution is 2.40. The quantitative estimate of drug-likeness (QED) is 0.774. The van der Waals surface area contributed by atoms with Crippen molar-refractivity contribution in [1.82, 2.24) is 0 Å². The topological polar surface area (TPSA) is 38.3 Å². The normalized spacial score (nSPS) is 14.4. The second kappa shape index (κ2) is 3.28. The van der Waals surface area contributed by atoms with Gasteiger partial charge in [-0.2, -0.15) is 0 Å². The Morgan fingerprint density at radius 3 is 2.86 bits per heavy atom. The van der Waals surface area contributed by atoms with Crippen molar-refractivity contribution in [3.63, 3.8) is 0 Å². The number of halogens is 1. The van der Waals surface area contributed by atoms with Gasteiger partial charge in [0.15, 0.2) is 12.4 Å². The number of rotatable bonds is 0. The summed E-state index contributed by atoms with van der Waals surface area (Å²) < 4.78 is 6.28. The summed E-state index contributed by atoms with van der Waals surface area (Å²) in [6.45, 7) is 4.04. The van der Waals surface area contributed by atoms with Crippen LogP contribution in [0.1, 0.15) is 11.1 Å². The monoisotopic (exact) mass is 255 g/mol. The molecule has 74 valence electrons. The lowest BCUT2D eigenvalue weighted by molar-refractivity contribution is -0.118. The predicted molar refractivity (Wildman–Crippen MR) is 57.7 cm³/mol. The maximum atomic E-state index is 11.1. The molecule has 3 nitrogen and oxygen atoms in total. The van der Waals surface area contributed by atoms with Gasteiger partial charge in [-0.15, -0.1) is 0 Å². The Kier molecular flexibility index (Phi) is 2.23. The maximum Gasteiger partial charge on any atom is 0.262 e. The lowest BCUT2D eigenvalue weighted by atomic mass is 10.1. The molecule has 2 rings (SSSR count). The molecule has 0 radical (unpaired) electrons. The number of fused-ring (bicyclic) bond motifs is 1. The van der Waals surface area contributed by atoms with Crippen LogP contribution in [-0.2, 0) is 4.79 Å². The first-order valence-corrected chi connectivity index (χ1v) is 5.11. The summed E-state index contributed by atoms with van der Waals surface area (Å²) >= 11 is 3.44. The number of hydrogen-bond acceptors (Lipinski definition) is 2. The van der Waals surface area contributed by atoms with E-state index in [1.54, 1.807) is 0 Å². The molecule has 14 heavy (non-hydrogen) atoms. The van der Waals surface area contributed by atoms with E-state index < -0.39 is 0 Å². The Hall–Kier alpha value is -1.03. The molecule has 4 heteroatoms. The smallest absolute Gasteiger partial charge is 0.262 e. The fraction of sp³-hybridized carbons (Fsp3) is 0.300. The first kappa shape index (κ1) is 9.52. The summed E-state index contributed by atoms with van der Waals surface area (Å²) in [6, 6.07) is 2.01. The lowest BCUT2D eigenvalue weighted by Gasteiger charge is -2.22. The van der Waals surface area contributed by atoms with E-state index in [-0.39, 0.29) is 12.5 Å². The van der Waals surface area contributed by atoms with Crippen molar-refractivity contribution in [2.24, 2.45) is 0 Å². The molecule has 0 bridgehead atoms. The van der Waals surface area contributed by atoms with E-state index in [2.05, 4.69) is 21.2 Å². The zero-order valence-electron chi connectivity index (χ0n) is 7.98. The molecule has 0 saturated carbocycles. The standard InChI is InChI=1S/C10H10BrNO2/c1-5-3-6(2)9-10(8(5)11)14-4-7(13)12-9/h3H,4H2,1-2H3,(H,12,13). The number of nitrogens with one attached hydrogen (secondary N) is 1. The Morgan fingerprint density at radius 2 is 2.14 bits per heavy atom. The van der Waals surface area contributed by atoms with E-state index in [1.807, 2.05) is 19.9 Å². The largest absolute Gasteiger partial charge is 0.480 e. The fourth-order valence-electron chi connectivity index (χ4n) is 1.53. The molecule has 0 aliphatic carbocycles. The Bertz CT molecular complexity index is 415. The van der Waals surface area contributed by atoms with Crippen molar-refractivity contribution in [2.45, 2.75) is 13.8 Å². The molecule has 0 unspecified atom stereocenters. The molecule has 0 fully saturated rings. The van der Waals surface area contributed by atoms with Gasteiger partial charge in [-0.25, -0.2) is 0 Å². The molecular weight excluding hydrogens is 246 g/mol. The number of amides is 1. The van der Waals surface area contributed by atoms with Crippen molar-refractivity contribution in [3.05, 3.63) is 21.7 Å². The van der Waals surface area contributed by atoms with Crippen LogP contribution in [0.2, 0.25) is 0 Å². The summed E-state index contributed by atoms with van der Waals surface area (Å²) in [5, 5.41) is 2.80. The SMILES string of the molecule is Cc1cc(C)c2c(c1Br)OCC(=O)N2. The van der Waals surface area contributed by atoms with Gasteiger partial charge in [0, 0.05) is 0 Å². The van der Waals surface area contributed by atoms with Crippen LogP contribution < -0.4 is 10.1 Å². The Morgan fingerprint density at radius 1 is 1.43 bits per heavy atom. The van der Waals surface area contributed by atoms with Gasteiger partial charge in [0.25, 0.3) is 5.91 Å². The summed E-state index contributed by atoms with van der Waals surface area (Å²) in [6.07, 6.45) is 0. The van der Waals surface area contributed by atoms with E-state index >= 15 is 0 Å². The zero-order valence-corrected chi connectivity index (χ0v) is 9.56. The van der Waals surface area contributed by atoms with Gasteiger partial charge < -0.3 is 10.1 Å². The van der Waals surface area contributed by atoms with Gasteiger partial charge >= 0.3 is 0 Å². The van der Waals surface area contributed by atoms with Crippen LogP contribution in [0.3, 0.4) is 0 Å². The van der Waals surface area contributed by atoms with E-state index in [1.165, 1.54) is 0 Å². The molecule has 1 aliphatic heterocycles. The second-order valence-corrected chi connectivity index (χ2v) is 4.16. The van der Waals surface area contributed by atoms with E-state index in [4.69, 9.17) is 4.74 Å². The number of ether oxygens (including phenoxy) is 1. The van der Waals surface area contributed by atoms with Crippen LogP contribution in [0.25, 0.3) is 0 Å². The molecule has 0 spiro atoms. The zero-order chi connectivity index (χ0) is 10.3. The van der Waals surface area contributed by atoms with Crippen LogP contribution in [0.15, 0.2) is 10.5 Å². The first-order chi connectivity index (χ1) is 6.59. The van der Waals surface area contributed by atoms with Crippen LogP contribution >= 0.6 is 15.9 Å². The molecule has 0 atom stereocenters. The van der Waals surface area contributed by atoms with Crippen LogP contribution in [-0.4, -0.2) is 12.5 Å². The maximum absolute atomic E-state index is 11.1. The third-order valence-electron chi connectivity index (χ3n) is 2.21. The third kappa shape index (κ3) is 1.39. The third-order valence-corrected chi connectivity index (χ3v) is 3.20. The fourth-order valence-corrected chi connectivity index (χ4v) is 1.96. The minimum absolute atomic E-state index is 0.0918. The number of anilines is 1. The first-order valence-electron chi connectivity index (χ1n) is 4.32. The second-order valence-electron chi connectivity index (χ2n) is 3.37. The van der Waals surface area contributed by atoms with Gasteiger partial charge in [0.2, 0.25) is 0 Å². The van der Waals surface area contributed by atoms with E-state index in [0.717, 1.165) is 27.0 Å². The van der Waals surface area contributed by atoms with E-state index in [0.29, 0.717) is 0 Å². The molecule has 1 aromatic rings. The highest BCUT2D eigenvalue weighted by Gasteiger charge is 2.21. The highest BCUT2D eigenvalue weighted by atomic mass is 79.9. The highest BCUT2D eigenvalue weighted by molar-refractivity contribution is 9.10. The van der Waals surface area contributed by atoms with Gasteiger partial charge in [-0.3, -0.25) is 4.79 Å². The van der Waals surface area contributed by atoms with Crippen molar-refractivity contribution in [3.8, 4) is 5.75 Å². The summed E-state index contributed by atoms with van der Waals surface area (Å²) in [5.74, 6) is 0.637. The molecule has 1 aliphatic rings. The van der Waals surface area contributed by atoms with E-state index in [9.17, 15) is 4.79 Å². The summed E-state index contributed by atoms with van der Waals surface area (Å²) in [4.78, 5) is 11.1.